The van der Waals surface area contributed by atoms with E-state index in [1.54, 1.807) is 12.1 Å². The van der Waals surface area contributed by atoms with Gasteiger partial charge in [0.2, 0.25) is 0 Å². The van der Waals surface area contributed by atoms with Gasteiger partial charge in [0.1, 0.15) is 5.75 Å². The highest BCUT2D eigenvalue weighted by Crippen LogP contribution is 2.40. The molecule has 0 unspecified atom stereocenters. The Morgan fingerprint density at radius 3 is 2.56 bits per heavy atom. The van der Waals surface area contributed by atoms with Crippen LogP contribution in [0.4, 0.5) is 0 Å². The van der Waals surface area contributed by atoms with Gasteiger partial charge in [-0.1, -0.05) is 12.8 Å². The zero-order valence-corrected chi connectivity index (χ0v) is 12.3. The Labute approximate surface area is 122 Å². The summed E-state index contributed by atoms with van der Waals surface area (Å²) in [6.07, 6.45) is 4.63. The number of benzene rings is 1. The molecule has 3 nitrogen and oxygen atoms in total. The third-order valence-electron chi connectivity index (χ3n) is 3.49. The molecule has 0 saturated heterocycles. The van der Waals surface area contributed by atoms with Crippen LogP contribution in [0, 0.1) is 17.2 Å². The Morgan fingerprint density at radius 2 is 2.00 bits per heavy atom. The molecule has 1 aliphatic rings. The normalized spacial score (nSPS) is 16.9. The molecule has 98 valence electrons. The van der Waals surface area contributed by atoms with Gasteiger partial charge in [-0.25, -0.2) is 0 Å². The minimum absolute atomic E-state index is 0. The van der Waals surface area contributed by atoms with Crippen molar-refractivity contribution in [2.24, 2.45) is 11.7 Å². The predicted molar refractivity (Wildman–Crippen MR) is 76.7 cm³/mol. The summed E-state index contributed by atoms with van der Waals surface area (Å²) in [6.45, 7) is 0. The van der Waals surface area contributed by atoms with E-state index in [-0.39, 0.29) is 24.2 Å². The Kier molecular flexibility index (Phi) is 5.46. The molecular formula is C13H16BrClN2O. The molecular weight excluding hydrogens is 316 g/mol. The van der Waals surface area contributed by atoms with Crippen LogP contribution >= 0.6 is 28.3 Å². The Balaban J connectivity index is 0.00000162. The van der Waals surface area contributed by atoms with Crippen LogP contribution in [0.3, 0.4) is 0 Å². The molecule has 18 heavy (non-hydrogen) atoms. The van der Waals surface area contributed by atoms with Gasteiger partial charge < -0.3 is 10.8 Å². The van der Waals surface area contributed by atoms with Crippen LogP contribution in [-0.2, 0) is 0 Å². The summed E-state index contributed by atoms with van der Waals surface area (Å²) >= 11 is 3.26. The number of nitrogens with zero attached hydrogens (tertiary/aromatic N) is 1. The van der Waals surface area contributed by atoms with Crippen LogP contribution in [-0.4, -0.2) is 5.11 Å². The van der Waals surface area contributed by atoms with Gasteiger partial charge in [0.05, 0.1) is 16.1 Å². The van der Waals surface area contributed by atoms with Gasteiger partial charge in [0.15, 0.2) is 0 Å². The largest absolute Gasteiger partial charge is 0.506 e. The van der Waals surface area contributed by atoms with E-state index >= 15 is 0 Å². The van der Waals surface area contributed by atoms with E-state index in [0.29, 0.717) is 21.5 Å². The first kappa shape index (κ1) is 15.3. The van der Waals surface area contributed by atoms with Gasteiger partial charge in [-0.15, -0.1) is 12.4 Å². The molecule has 3 N–H and O–H groups in total. The summed E-state index contributed by atoms with van der Waals surface area (Å²) in [6, 6.07) is 5.21. The zero-order valence-electron chi connectivity index (χ0n) is 9.90. The maximum atomic E-state index is 10.0. The number of hydrogen-bond donors (Lipinski definition) is 2. The second-order valence-electron chi connectivity index (χ2n) is 4.58. The Bertz CT molecular complexity index is 467. The summed E-state index contributed by atoms with van der Waals surface area (Å²) in [4.78, 5) is 0. The number of phenolic OH excluding ortho intramolecular Hbond substituents is 1. The molecule has 0 amide bonds. The van der Waals surface area contributed by atoms with Gasteiger partial charge in [-0.2, -0.15) is 5.26 Å². The van der Waals surface area contributed by atoms with E-state index in [0.717, 1.165) is 12.8 Å². The molecule has 5 heteroatoms. The van der Waals surface area contributed by atoms with Crippen LogP contribution in [0.1, 0.15) is 42.9 Å². The minimum Gasteiger partial charge on any atom is -0.506 e. The molecule has 0 heterocycles. The van der Waals surface area contributed by atoms with Crippen molar-refractivity contribution < 1.29 is 5.11 Å². The van der Waals surface area contributed by atoms with E-state index < -0.39 is 0 Å². The highest BCUT2D eigenvalue weighted by atomic mass is 79.9. The second kappa shape index (κ2) is 6.42. The van der Waals surface area contributed by atoms with Gasteiger partial charge in [-0.05, 0) is 46.8 Å². The lowest BCUT2D eigenvalue weighted by molar-refractivity contribution is 0.411. The third kappa shape index (κ3) is 2.97. The fourth-order valence-corrected chi connectivity index (χ4v) is 2.98. The van der Waals surface area contributed by atoms with Crippen LogP contribution in [0.2, 0.25) is 0 Å². The summed E-state index contributed by atoms with van der Waals surface area (Å²) in [7, 11) is 0. The zero-order chi connectivity index (χ0) is 12.4. The number of nitriles is 1. The molecule has 1 atom stereocenters. The molecule has 0 bridgehead atoms. The van der Waals surface area contributed by atoms with E-state index in [1.165, 1.54) is 12.8 Å². The number of phenols is 1. The standard InChI is InChI=1S/C13H15BrN2O.ClH/c14-11-6-8(7-15)5-10(13(11)17)12(16)9-3-1-2-4-9;/h5-6,9,12,17H,1-4,16H2;1H/t12-;/m0./s1. The number of hydrogen-bond acceptors (Lipinski definition) is 3. The Morgan fingerprint density at radius 1 is 1.39 bits per heavy atom. The smallest absolute Gasteiger partial charge is 0.134 e. The molecule has 1 aromatic rings. The fourth-order valence-electron chi connectivity index (χ4n) is 2.51. The lowest BCUT2D eigenvalue weighted by atomic mass is 9.91. The predicted octanol–water partition coefficient (Wildman–Crippen LogP) is 3.64. The highest BCUT2D eigenvalue weighted by molar-refractivity contribution is 9.10. The summed E-state index contributed by atoms with van der Waals surface area (Å²) in [5.41, 5.74) is 7.41. The van der Waals surface area contributed by atoms with Crippen molar-refractivity contribution in [3.63, 3.8) is 0 Å². The van der Waals surface area contributed by atoms with Gasteiger partial charge >= 0.3 is 0 Å². The molecule has 0 radical (unpaired) electrons. The molecule has 1 fully saturated rings. The lowest BCUT2D eigenvalue weighted by Crippen LogP contribution is -2.19. The molecule has 1 saturated carbocycles. The first-order valence-corrected chi connectivity index (χ1v) is 6.61. The van der Waals surface area contributed by atoms with Crippen LogP contribution in [0.5, 0.6) is 5.75 Å². The van der Waals surface area contributed by atoms with E-state index in [9.17, 15) is 5.11 Å². The quantitative estimate of drug-likeness (QED) is 0.869. The van der Waals surface area contributed by atoms with Crippen molar-refractivity contribution in [1.29, 1.82) is 5.26 Å². The number of rotatable bonds is 2. The van der Waals surface area contributed by atoms with E-state index in [1.807, 2.05) is 0 Å². The lowest BCUT2D eigenvalue weighted by Gasteiger charge is -2.21. The van der Waals surface area contributed by atoms with E-state index in [2.05, 4.69) is 22.0 Å². The summed E-state index contributed by atoms with van der Waals surface area (Å²) < 4.78 is 0.542. The van der Waals surface area contributed by atoms with Crippen LogP contribution in [0.25, 0.3) is 0 Å². The molecule has 1 aliphatic carbocycles. The summed E-state index contributed by atoms with van der Waals surface area (Å²) in [5, 5.41) is 18.9. The average Bonchev–Trinajstić information content (AvgIpc) is 2.85. The molecule has 1 aromatic carbocycles. The third-order valence-corrected chi connectivity index (χ3v) is 4.09. The summed E-state index contributed by atoms with van der Waals surface area (Å²) in [5.74, 6) is 0.588. The number of nitrogens with two attached hydrogens (primary N) is 1. The Hall–Kier alpha value is -0.760. The first-order valence-electron chi connectivity index (χ1n) is 5.81. The average molecular weight is 332 g/mol. The van der Waals surface area contributed by atoms with Gasteiger partial charge in [-0.3, -0.25) is 0 Å². The first-order chi connectivity index (χ1) is 8.13. The van der Waals surface area contributed by atoms with Crippen molar-refractivity contribution in [2.45, 2.75) is 31.7 Å². The molecule has 0 aromatic heterocycles. The van der Waals surface area contributed by atoms with Crippen molar-refractivity contribution in [3.8, 4) is 11.8 Å². The SMILES string of the molecule is Cl.N#Cc1cc(Br)c(O)c([C@@H](N)C2CCCC2)c1. The number of aromatic hydroxyl groups is 1. The van der Waals surface area contributed by atoms with Crippen molar-refractivity contribution in [3.05, 3.63) is 27.7 Å². The maximum absolute atomic E-state index is 10.0. The van der Waals surface area contributed by atoms with Crippen molar-refractivity contribution >= 4 is 28.3 Å². The van der Waals surface area contributed by atoms with E-state index in [4.69, 9.17) is 11.0 Å². The number of halogens is 2. The fraction of sp³-hybridized carbons (Fsp3) is 0.462. The topological polar surface area (TPSA) is 70.0 Å². The van der Waals surface area contributed by atoms with Crippen LogP contribution < -0.4 is 5.73 Å². The monoisotopic (exact) mass is 330 g/mol. The molecule has 0 aliphatic heterocycles. The maximum Gasteiger partial charge on any atom is 0.134 e. The molecule has 0 spiro atoms. The van der Waals surface area contributed by atoms with Gasteiger partial charge in [0, 0.05) is 11.6 Å². The van der Waals surface area contributed by atoms with Crippen molar-refractivity contribution in [1.82, 2.24) is 0 Å². The minimum atomic E-state index is -0.179. The second-order valence-corrected chi connectivity index (χ2v) is 5.43. The highest BCUT2D eigenvalue weighted by Gasteiger charge is 2.26. The van der Waals surface area contributed by atoms with Crippen LogP contribution in [0.15, 0.2) is 16.6 Å². The van der Waals surface area contributed by atoms with Crippen molar-refractivity contribution in [2.75, 3.05) is 0 Å². The van der Waals surface area contributed by atoms with Gasteiger partial charge in [0.25, 0.3) is 0 Å². The molecule has 2 rings (SSSR count).